The number of nitrogens with one attached hydrogen (secondary N) is 2. The molecule has 0 saturated carbocycles. The molecule has 0 atom stereocenters. The maximum absolute atomic E-state index is 13.2. The van der Waals surface area contributed by atoms with Crippen molar-refractivity contribution in [2.24, 2.45) is 0 Å². The van der Waals surface area contributed by atoms with E-state index in [0.717, 1.165) is 16.0 Å². The van der Waals surface area contributed by atoms with E-state index in [2.05, 4.69) is 10.6 Å². The molecule has 1 aliphatic rings. The van der Waals surface area contributed by atoms with Gasteiger partial charge in [0, 0.05) is 10.7 Å². The standard InChI is InChI=1S/C28H23ClIN3O6/c1-15-7-8-19(9-16(15)2)31-24(34)14-39-25-22(30)11-17(12-23(25)38-3)10-21-26(35)32-28(37)33(27(21)36)20-6-4-5-18(29)13-20/h4-13H,14H2,1-3H3,(H,31,34)(H,32,35,37)/b21-10+. The molecule has 0 unspecified atom stereocenters. The first-order chi connectivity index (χ1) is 18.6. The zero-order valence-corrected chi connectivity index (χ0v) is 24.0. The fourth-order valence-electron chi connectivity index (χ4n) is 3.79. The van der Waals surface area contributed by atoms with Gasteiger partial charge in [-0.2, -0.15) is 0 Å². The predicted octanol–water partition coefficient (Wildman–Crippen LogP) is 5.25. The summed E-state index contributed by atoms with van der Waals surface area (Å²) in [6.07, 6.45) is 1.35. The zero-order chi connectivity index (χ0) is 28.3. The van der Waals surface area contributed by atoms with Gasteiger partial charge in [-0.15, -0.1) is 0 Å². The first-order valence-electron chi connectivity index (χ1n) is 11.6. The van der Waals surface area contributed by atoms with Crippen LogP contribution >= 0.6 is 34.2 Å². The maximum atomic E-state index is 13.2. The Labute approximate surface area is 243 Å². The number of benzene rings is 3. The Hall–Kier alpha value is -3.90. The van der Waals surface area contributed by atoms with Crippen molar-refractivity contribution < 1.29 is 28.7 Å². The molecule has 39 heavy (non-hydrogen) atoms. The van der Waals surface area contributed by atoms with Gasteiger partial charge in [-0.25, -0.2) is 9.69 Å². The summed E-state index contributed by atoms with van der Waals surface area (Å²) in [5, 5.41) is 5.30. The van der Waals surface area contributed by atoms with Gasteiger partial charge in [0.2, 0.25) is 0 Å². The number of anilines is 2. The molecule has 4 rings (SSSR count). The lowest BCUT2D eigenvalue weighted by Crippen LogP contribution is -2.54. The molecule has 1 fully saturated rings. The van der Waals surface area contributed by atoms with Gasteiger partial charge in [-0.3, -0.25) is 19.7 Å². The lowest BCUT2D eigenvalue weighted by Gasteiger charge is -2.26. The van der Waals surface area contributed by atoms with Crippen LogP contribution in [0.25, 0.3) is 6.08 Å². The molecule has 1 aliphatic heterocycles. The van der Waals surface area contributed by atoms with Crippen LogP contribution in [0.4, 0.5) is 16.2 Å². The van der Waals surface area contributed by atoms with E-state index in [1.54, 1.807) is 24.3 Å². The maximum Gasteiger partial charge on any atom is 0.335 e. The van der Waals surface area contributed by atoms with Gasteiger partial charge in [-0.05, 0) is 102 Å². The largest absolute Gasteiger partial charge is 0.493 e. The minimum atomic E-state index is -0.876. The number of ether oxygens (including phenoxy) is 2. The Balaban J connectivity index is 1.55. The molecule has 0 aliphatic carbocycles. The normalized spacial score (nSPS) is 14.3. The number of barbiturate groups is 1. The summed E-state index contributed by atoms with van der Waals surface area (Å²) >= 11 is 8.02. The monoisotopic (exact) mass is 659 g/mol. The summed E-state index contributed by atoms with van der Waals surface area (Å²) in [6, 6.07) is 14.1. The van der Waals surface area contributed by atoms with Gasteiger partial charge >= 0.3 is 6.03 Å². The Morgan fingerprint density at radius 2 is 1.85 bits per heavy atom. The molecule has 1 heterocycles. The van der Waals surface area contributed by atoms with E-state index in [-0.39, 0.29) is 23.8 Å². The predicted molar refractivity (Wildman–Crippen MR) is 156 cm³/mol. The highest BCUT2D eigenvalue weighted by atomic mass is 127. The molecule has 3 aromatic carbocycles. The second kappa shape index (κ2) is 11.9. The molecule has 0 bridgehead atoms. The molecule has 9 nitrogen and oxygen atoms in total. The Kier molecular flexibility index (Phi) is 8.56. The lowest BCUT2D eigenvalue weighted by molar-refractivity contribution is -0.122. The Morgan fingerprint density at radius 1 is 1.08 bits per heavy atom. The molecular formula is C28H23ClIN3O6. The smallest absolute Gasteiger partial charge is 0.335 e. The average Bonchev–Trinajstić information content (AvgIpc) is 2.87. The number of hydrogen-bond acceptors (Lipinski definition) is 6. The highest BCUT2D eigenvalue weighted by Crippen LogP contribution is 2.35. The summed E-state index contributed by atoms with van der Waals surface area (Å²) in [4.78, 5) is 51.5. The van der Waals surface area contributed by atoms with Gasteiger partial charge < -0.3 is 14.8 Å². The number of carbonyl (C=O) groups is 4. The first-order valence-corrected chi connectivity index (χ1v) is 13.1. The second-order valence-electron chi connectivity index (χ2n) is 8.61. The Morgan fingerprint density at radius 3 is 2.54 bits per heavy atom. The van der Waals surface area contributed by atoms with Gasteiger partial charge in [-0.1, -0.05) is 23.7 Å². The minimum absolute atomic E-state index is 0.221. The number of imide groups is 2. The highest BCUT2D eigenvalue weighted by Gasteiger charge is 2.37. The summed E-state index contributed by atoms with van der Waals surface area (Å²) in [5.41, 5.74) is 3.25. The van der Waals surface area contributed by atoms with Gasteiger partial charge in [0.05, 0.1) is 16.4 Å². The van der Waals surface area contributed by atoms with Crippen molar-refractivity contribution in [1.29, 1.82) is 0 Å². The van der Waals surface area contributed by atoms with Gasteiger partial charge in [0.15, 0.2) is 18.1 Å². The number of halogens is 2. The average molecular weight is 660 g/mol. The zero-order valence-electron chi connectivity index (χ0n) is 21.1. The number of urea groups is 1. The number of hydrogen-bond donors (Lipinski definition) is 2. The SMILES string of the molecule is COc1cc(/C=C2\C(=O)NC(=O)N(c3cccc(Cl)c3)C2=O)cc(I)c1OCC(=O)Nc1ccc(C)c(C)c1. The van der Waals surface area contributed by atoms with E-state index >= 15 is 0 Å². The first kappa shape index (κ1) is 28.1. The van der Waals surface area contributed by atoms with E-state index in [1.807, 2.05) is 54.6 Å². The molecule has 5 amide bonds. The van der Waals surface area contributed by atoms with Crippen LogP contribution in [0.5, 0.6) is 11.5 Å². The van der Waals surface area contributed by atoms with E-state index < -0.39 is 17.8 Å². The molecule has 200 valence electrons. The quantitative estimate of drug-likeness (QED) is 0.204. The van der Waals surface area contributed by atoms with Crippen molar-refractivity contribution in [3.63, 3.8) is 0 Å². The fourth-order valence-corrected chi connectivity index (χ4v) is 4.76. The summed E-state index contributed by atoms with van der Waals surface area (Å²) in [5.74, 6) is -1.37. The van der Waals surface area contributed by atoms with Crippen LogP contribution in [0.15, 0.2) is 60.2 Å². The third kappa shape index (κ3) is 6.40. The van der Waals surface area contributed by atoms with E-state index in [4.69, 9.17) is 21.1 Å². The van der Waals surface area contributed by atoms with Crippen molar-refractivity contribution in [2.45, 2.75) is 13.8 Å². The molecule has 1 saturated heterocycles. The second-order valence-corrected chi connectivity index (χ2v) is 10.2. The minimum Gasteiger partial charge on any atom is -0.493 e. The number of aryl methyl sites for hydroxylation is 2. The van der Waals surface area contributed by atoms with Crippen LogP contribution < -0.4 is 25.0 Å². The van der Waals surface area contributed by atoms with Gasteiger partial charge in [0.1, 0.15) is 5.57 Å². The summed E-state index contributed by atoms with van der Waals surface area (Å²) in [7, 11) is 1.43. The van der Waals surface area contributed by atoms with Crippen molar-refractivity contribution in [3.8, 4) is 11.5 Å². The van der Waals surface area contributed by atoms with Crippen molar-refractivity contribution in [3.05, 3.63) is 85.5 Å². The van der Waals surface area contributed by atoms with E-state index in [1.165, 1.54) is 25.3 Å². The number of amides is 5. The molecule has 0 radical (unpaired) electrons. The molecule has 3 aromatic rings. The van der Waals surface area contributed by atoms with Crippen LogP contribution in [0.1, 0.15) is 16.7 Å². The highest BCUT2D eigenvalue weighted by molar-refractivity contribution is 14.1. The van der Waals surface area contributed by atoms with E-state index in [9.17, 15) is 19.2 Å². The topological polar surface area (TPSA) is 114 Å². The summed E-state index contributed by atoms with van der Waals surface area (Å²) < 4.78 is 11.8. The fraction of sp³-hybridized carbons (Fsp3) is 0.143. The Bertz CT molecular complexity index is 1540. The van der Waals surface area contributed by atoms with Crippen LogP contribution in [-0.2, 0) is 14.4 Å². The van der Waals surface area contributed by atoms with Crippen LogP contribution in [0, 0.1) is 17.4 Å². The number of nitrogens with zero attached hydrogens (tertiary/aromatic N) is 1. The molecule has 2 N–H and O–H groups in total. The third-order valence-corrected chi connectivity index (χ3v) is 6.91. The van der Waals surface area contributed by atoms with Crippen LogP contribution in [0.2, 0.25) is 5.02 Å². The number of methoxy groups -OCH3 is 1. The van der Waals surface area contributed by atoms with Crippen LogP contribution in [-0.4, -0.2) is 37.5 Å². The van der Waals surface area contributed by atoms with Gasteiger partial charge in [0.25, 0.3) is 17.7 Å². The third-order valence-electron chi connectivity index (χ3n) is 5.87. The van der Waals surface area contributed by atoms with Crippen molar-refractivity contribution in [1.82, 2.24) is 5.32 Å². The molecule has 0 spiro atoms. The van der Waals surface area contributed by atoms with Crippen LogP contribution in [0.3, 0.4) is 0 Å². The number of rotatable bonds is 7. The number of carbonyl (C=O) groups excluding carboxylic acids is 4. The van der Waals surface area contributed by atoms with Crippen molar-refractivity contribution >= 4 is 75.4 Å². The summed E-state index contributed by atoms with van der Waals surface area (Å²) in [6.45, 7) is 3.68. The molecule has 11 heteroatoms. The lowest BCUT2D eigenvalue weighted by atomic mass is 10.1. The molecule has 0 aromatic heterocycles. The van der Waals surface area contributed by atoms with Crippen molar-refractivity contribution in [2.75, 3.05) is 23.9 Å². The molecular weight excluding hydrogens is 637 g/mol. The van der Waals surface area contributed by atoms with E-state index in [0.29, 0.717) is 31.3 Å².